The van der Waals surface area contributed by atoms with Crippen LogP contribution in [0.25, 0.3) is 0 Å². The van der Waals surface area contributed by atoms with Gasteiger partial charge in [0.15, 0.2) is 0 Å². The number of hydrogen-bond acceptors (Lipinski definition) is 5. The Morgan fingerprint density at radius 3 is 2.63 bits per heavy atom. The van der Waals surface area contributed by atoms with Gasteiger partial charge < -0.3 is 16.2 Å². The first-order chi connectivity index (χ1) is 12.7. The van der Waals surface area contributed by atoms with Gasteiger partial charge in [-0.1, -0.05) is 25.1 Å². The summed E-state index contributed by atoms with van der Waals surface area (Å²) < 4.78 is 26.7. The Hall–Kier alpha value is -1.97. The first-order valence-corrected chi connectivity index (χ1v) is 10.5. The van der Waals surface area contributed by atoms with Crippen LogP contribution in [0.1, 0.15) is 32.6 Å². The monoisotopic (exact) mass is 397 g/mol. The molecule has 0 saturated carbocycles. The maximum atomic E-state index is 12.7. The SMILES string of the molecule is CC(CCC(=O)NC1CCCN(S(=O)(=O)c2ccccc2)C[C@@H]1O)C(N)=O. The molecule has 8 nitrogen and oxygen atoms in total. The van der Waals surface area contributed by atoms with Gasteiger partial charge in [0.05, 0.1) is 17.0 Å². The molecule has 1 saturated heterocycles. The summed E-state index contributed by atoms with van der Waals surface area (Å²) in [5.41, 5.74) is 5.18. The number of aliphatic hydroxyl groups excluding tert-OH is 1. The number of β-amino-alcohol motifs (C(OH)–C–C–N with tert-alkyl or cyclic N) is 1. The van der Waals surface area contributed by atoms with Gasteiger partial charge in [-0.05, 0) is 31.4 Å². The lowest BCUT2D eigenvalue weighted by atomic mass is 10.0. The highest BCUT2D eigenvalue weighted by atomic mass is 32.2. The first-order valence-electron chi connectivity index (χ1n) is 9.03. The fourth-order valence-electron chi connectivity index (χ4n) is 3.00. The predicted molar refractivity (Wildman–Crippen MR) is 100.0 cm³/mol. The van der Waals surface area contributed by atoms with Crippen molar-refractivity contribution in [2.75, 3.05) is 13.1 Å². The van der Waals surface area contributed by atoms with E-state index in [0.717, 1.165) is 0 Å². The average molecular weight is 397 g/mol. The molecular weight excluding hydrogens is 370 g/mol. The van der Waals surface area contributed by atoms with Crippen LogP contribution in [0, 0.1) is 5.92 Å². The number of carbonyl (C=O) groups excluding carboxylic acids is 2. The minimum absolute atomic E-state index is 0.0835. The summed E-state index contributed by atoms with van der Waals surface area (Å²) in [6.45, 7) is 1.85. The molecule has 1 aromatic carbocycles. The largest absolute Gasteiger partial charge is 0.390 e. The van der Waals surface area contributed by atoms with E-state index in [9.17, 15) is 23.1 Å². The zero-order valence-corrected chi connectivity index (χ0v) is 16.2. The van der Waals surface area contributed by atoms with Gasteiger partial charge >= 0.3 is 0 Å². The Kier molecular flexibility index (Phi) is 7.34. The van der Waals surface area contributed by atoms with Crippen molar-refractivity contribution in [2.24, 2.45) is 11.7 Å². The van der Waals surface area contributed by atoms with Gasteiger partial charge in [-0.25, -0.2) is 8.42 Å². The molecule has 2 rings (SSSR count). The molecule has 1 heterocycles. The van der Waals surface area contributed by atoms with E-state index in [1.165, 1.54) is 16.4 Å². The number of primary amides is 1. The number of nitrogens with two attached hydrogens (primary N) is 1. The van der Waals surface area contributed by atoms with E-state index >= 15 is 0 Å². The molecule has 3 atom stereocenters. The topological polar surface area (TPSA) is 130 Å². The number of nitrogens with zero attached hydrogens (tertiary/aromatic N) is 1. The Morgan fingerprint density at radius 2 is 2.00 bits per heavy atom. The van der Waals surface area contributed by atoms with Crippen LogP contribution in [0.4, 0.5) is 0 Å². The third-order valence-corrected chi connectivity index (χ3v) is 6.67. The highest BCUT2D eigenvalue weighted by Gasteiger charge is 2.33. The number of carbonyl (C=O) groups is 2. The Balaban J connectivity index is 1.97. The maximum Gasteiger partial charge on any atom is 0.243 e. The normalized spacial score (nSPS) is 22.6. The Morgan fingerprint density at radius 1 is 1.33 bits per heavy atom. The van der Waals surface area contributed by atoms with Gasteiger partial charge in [-0.2, -0.15) is 4.31 Å². The lowest BCUT2D eigenvalue weighted by molar-refractivity contribution is -0.124. The molecule has 1 aliphatic heterocycles. The van der Waals surface area contributed by atoms with Gasteiger partial charge in [-0.3, -0.25) is 9.59 Å². The second kappa shape index (κ2) is 9.29. The fourth-order valence-corrected chi connectivity index (χ4v) is 4.52. The molecule has 2 amide bonds. The van der Waals surface area contributed by atoms with Crippen LogP contribution >= 0.6 is 0 Å². The molecule has 4 N–H and O–H groups in total. The maximum absolute atomic E-state index is 12.7. The quantitative estimate of drug-likeness (QED) is 0.606. The van der Waals surface area contributed by atoms with Gasteiger partial charge in [0.1, 0.15) is 0 Å². The smallest absolute Gasteiger partial charge is 0.243 e. The van der Waals surface area contributed by atoms with Crippen LogP contribution in [-0.2, 0) is 19.6 Å². The summed E-state index contributed by atoms with van der Waals surface area (Å²) >= 11 is 0. The summed E-state index contributed by atoms with van der Waals surface area (Å²) in [6.07, 6.45) is 0.436. The Bertz CT molecular complexity index is 754. The molecule has 27 heavy (non-hydrogen) atoms. The van der Waals surface area contributed by atoms with Crippen molar-refractivity contribution in [3.8, 4) is 0 Å². The number of rotatable bonds is 7. The van der Waals surface area contributed by atoms with Gasteiger partial charge in [0.2, 0.25) is 21.8 Å². The molecule has 1 aliphatic rings. The van der Waals surface area contributed by atoms with Gasteiger partial charge in [0.25, 0.3) is 0 Å². The van der Waals surface area contributed by atoms with Crippen molar-refractivity contribution in [1.82, 2.24) is 9.62 Å². The third kappa shape index (κ3) is 5.75. The molecule has 0 spiro atoms. The number of nitrogens with one attached hydrogen (secondary N) is 1. The van der Waals surface area contributed by atoms with Gasteiger partial charge in [0, 0.05) is 25.4 Å². The molecule has 9 heteroatoms. The van der Waals surface area contributed by atoms with Crippen LogP contribution in [0.3, 0.4) is 0 Å². The number of benzene rings is 1. The van der Waals surface area contributed by atoms with E-state index < -0.39 is 34.0 Å². The van der Waals surface area contributed by atoms with E-state index in [1.807, 2.05) is 0 Å². The standard InChI is InChI=1S/C18H27N3O5S/c1-13(18(19)24)9-10-17(23)20-15-8-5-11-21(12-16(15)22)27(25,26)14-6-3-2-4-7-14/h2-4,6-7,13,15-16,22H,5,8-12H2,1H3,(H2,19,24)(H,20,23)/t13?,15?,16-/m0/s1. The van der Waals surface area contributed by atoms with E-state index in [4.69, 9.17) is 5.73 Å². The lowest BCUT2D eigenvalue weighted by Crippen LogP contribution is -2.47. The summed E-state index contributed by atoms with van der Waals surface area (Å²) in [5, 5.41) is 13.2. The van der Waals surface area contributed by atoms with E-state index in [1.54, 1.807) is 25.1 Å². The number of aliphatic hydroxyl groups is 1. The third-order valence-electron chi connectivity index (χ3n) is 4.80. The van der Waals surface area contributed by atoms with Gasteiger partial charge in [-0.15, -0.1) is 0 Å². The van der Waals surface area contributed by atoms with Crippen LogP contribution in [-0.4, -0.2) is 54.9 Å². The van der Waals surface area contributed by atoms with Crippen molar-refractivity contribution < 1.29 is 23.1 Å². The van der Waals surface area contributed by atoms with E-state index in [2.05, 4.69) is 5.32 Å². The lowest BCUT2D eigenvalue weighted by Gasteiger charge is -2.25. The predicted octanol–water partition coefficient (Wildman–Crippen LogP) is 0.218. The van der Waals surface area contributed by atoms with Crippen molar-refractivity contribution >= 4 is 21.8 Å². The second-order valence-electron chi connectivity index (χ2n) is 6.90. The molecule has 2 unspecified atom stereocenters. The van der Waals surface area contributed by atoms with Crippen molar-refractivity contribution in [2.45, 2.75) is 49.6 Å². The molecule has 1 aromatic rings. The van der Waals surface area contributed by atoms with Crippen molar-refractivity contribution in [3.63, 3.8) is 0 Å². The molecule has 0 aromatic heterocycles. The molecular formula is C18H27N3O5S. The van der Waals surface area contributed by atoms with E-state index in [0.29, 0.717) is 19.3 Å². The zero-order valence-electron chi connectivity index (χ0n) is 15.4. The Labute approximate surface area is 159 Å². The zero-order chi connectivity index (χ0) is 20.0. The average Bonchev–Trinajstić information content (AvgIpc) is 2.82. The summed E-state index contributed by atoms with van der Waals surface area (Å²) in [5.74, 6) is -1.15. The summed E-state index contributed by atoms with van der Waals surface area (Å²) in [7, 11) is -3.69. The highest BCUT2D eigenvalue weighted by molar-refractivity contribution is 7.89. The molecule has 0 bridgehead atoms. The fraction of sp³-hybridized carbons (Fsp3) is 0.556. The molecule has 0 radical (unpaired) electrons. The highest BCUT2D eigenvalue weighted by Crippen LogP contribution is 2.21. The van der Waals surface area contributed by atoms with E-state index in [-0.39, 0.29) is 30.3 Å². The number of hydrogen-bond donors (Lipinski definition) is 3. The molecule has 150 valence electrons. The van der Waals surface area contributed by atoms with Crippen LogP contribution in [0.2, 0.25) is 0 Å². The van der Waals surface area contributed by atoms with Crippen LogP contribution in [0.15, 0.2) is 35.2 Å². The first kappa shape index (κ1) is 21.3. The second-order valence-corrected chi connectivity index (χ2v) is 8.84. The minimum atomic E-state index is -3.69. The van der Waals surface area contributed by atoms with Crippen LogP contribution in [0.5, 0.6) is 0 Å². The minimum Gasteiger partial charge on any atom is -0.390 e. The summed E-state index contributed by atoms with van der Waals surface area (Å²) in [6, 6.07) is 7.55. The van der Waals surface area contributed by atoms with Crippen LogP contribution < -0.4 is 11.1 Å². The summed E-state index contributed by atoms with van der Waals surface area (Å²) in [4.78, 5) is 23.3. The molecule has 0 aliphatic carbocycles. The number of sulfonamides is 1. The number of amides is 2. The molecule has 1 fully saturated rings. The van der Waals surface area contributed by atoms with Crippen molar-refractivity contribution in [3.05, 3.63) is 30.3 Å². The van der Waals surface area contributed by atoms with Crippen molar-refractivity contribution in [1.29, 1.82) is 0 Å².